The molecule has 1 aliphatic heterocycles. The van der Waals surface area contributed by atoms with E-state index in [1.807, 2.05) is 0 Å². The van der Waals surface area contributed by atoms with Crippen molar-refractivity contribution >= 4 is 17.2 Å². The Balaban J connectivity index is 1.82. The molecule has 36 heavy (non-hydrogen) atoms. The Labute approximate surface area is 209 Å². The molecule has 0 spiro atoms. The number of carbonyl (C=O) groups excluding carboxylic acids is 1. The highest BCUT2D eigenvalue weighted by molar-refractivity contribution is 7.12. The number of aliphatic hydroxyl groups excluding tert-OH is 1. The van der Waals surface area contributed by atoms with E-state index in [0.29, 0.717) is 16.0 Å². The number of nitrogens with two attached hydrogens (primary N) is 1. The maximum absolute atomic E-state index is 13.9. The number of fused-ring (bicyclic) bond motifs is 1. The molecule has 3 N–H and O–H groups in total. The first-order chi connectivity index (χ1) is 17.2. The molecule has 1 aliphatic rings. The van der Waals surface area contributed by atoms with Crippen molar-refractivity contribution in [2.75, 3.05) is 13.2 Å². The molecule has 7 nitrogen and oxygen atoms in total. The number of aryl methyl sites for hydroxylation is 1. The number of benzene rings is 1. The van der Waals surface area contributed by atoms with Gasteiger partial charge in [-0.15, -0.1) is 11.3 Å². The van der Waals surface area contributed by atoms with Crippen LogP contribution in [-0.4, -0.2) is 44.9 Å². The van der Waals surface area contributed by atoms with Crippen LogP contribution in [0.4, 0.5) is 13.2 Å². The van der Waals surface area contributed by atoms with Crippen molar-refractivity contribution in [1.82, 2.24) is 14.7 Å². The predicted octanol–water partition coefficient (Wildman–Crippen LogP) is 3.87. The number of aromatic nitrogens is 2. The van der Waals surface area contributed by atoms with Gasteiger partial charge in [0.25, 0.3) is 0 Å². The van der Waals surface area contributed by atoms with E-state index in [9.17, 15) is 23.2 Å². The van der Waals surface area contributed by atoms with E-state index in [2.05, 4.69) is 11.2 Å². The molecule has 2 aromatic heterocycles. The lowest BCUT2D eigenvalue weighted by Gasteiger charge is -2.33. The zero-order chi connectivity index (χ0) is 26.0. The predicted molar refractivity (Wildman–Crippen MR) is 129 cm³/mol. The van der Waals surface area contributed by atoms with E-state index in [0.717, 1.165) is 10.4 Å². The molecule has 11 heteroatoms. The lowest BCUT2D eigenvalue weighted by atomic mass is 9.83. The first kappa shape index (κ1) is 25.6. The number of nitrogens with zero attached hydrogens (tertiary/aromatic N) is 4. The lowest BCUT2D eigenvalue weighted by Crippen LogP contribution is -2.37. The largest absolute Gasteiger partial charge is 0.435 e. The van der Waals surface area contributed by atoms with Gasteiger partial charge in [-0.1, -0.05) is 30.3 Å². The second kappa shape index (κ2) is 10.3. The van der Waals surface area contributed by atoms with Crippen molar-refractivity contribution in [1.29, 1.82) is 5.26 Å². The van der Waals surface area contributed by atoms with Crippen molar-refractivity contribution in [2.45, 2.75) is 38.1 Å². The average Bonchev–Trinajstić information content (AvgIpc) is 3.50. The second-order valence-electron chi connectivity index (χ2n) is 8.41. The lowest BCUT2D eigenvalue weighted by molar-refractivity contribution is -0.141. The number of amides is 1. The van der Waals surface area contributed by atoms with Crippen LogP contribution in [0.5, 0.6) is 0 Å². The summed E-state index contributed by atoms with van der Waals surface area (Å²) >= 11 is 1.26. The minimum Gasteiger partial charge on any atom is -0.394 e. The molecule has 0 aliphatic carbocycles. The van der Waals surface area contributed by atoms with Crippen molar-refractivity contribution < 1.29 is 23.1 Å². The Morgan fingerprint density at radius 2 is 2.11 bits per heavy atom. The van der Waals surface area contributed by atoms with Crippen LogP contribution in [0.2, 0.25) is 0 Å². The summed E-state index contributed by atoms with van der Waals surface area (Å²) in [5.41, 5.74) is 6.47. The summed E-state index contributed by atoms with van der Waals surface area (Å²) in [7, 11) is 0. The summed E-state index contributed by atoms with van der Waals surface area (Å²) in [6, 6.07) is 9.98. The second-order valence-corrected chi connectivity index (χ2v) is 9.55. The quantitative estimate of drug-likeness (QED) is 0.485. The van der Waals surface area contributed by atoms with Gasteiger partial charge in [0.05, 0.1) is 13.2 Å². The Bertz CT molecular complexity index is 1340. The van der Waals surface area contributed by atoms with Crippen LogP contribution >= 0.6 is 11.3 Å². The Hall–Kier alpha value is -3.46. The minimum atomic E-state index is -4.64. The number of hydrogen-bond donors (Lipinski definition) is 2. The van der Waals surface area contributed by atoms with Gasteiger partial charge in [-0.3, -0.25) is 9.48 Å². The smallest absolute Gasteiger partial charge is 0.394 e. The van der Waals surface area contributed by atoms with Gasteiger partial charge < -0.3 is 15.7 Å². The number of halogens is 3. The van der Waals surface area contributed by atoms with Gasteiger partial charge in [0.15, 0.2) is 5.69 Å². The molecule has 1 aromatic carbocycles. The van der Waals surface area contributed by atoms with E-state index in [-0.39, 0.29) is 37.7 Å². The van der Waals surface area contributed by atoms with Crippen LogP contribution in [0.25, 0.3) is 11.1 Å². The summed E-state index contributed by atoms with van der Waals surface area (Å²) in [4.78, 5) is 15.8. The molecule has 3 aromatic rings. The first-order valence-corrected chi connectivity index (χ1v) is 12.1. The minimum absolute atomic E-state index is 0.0329. The normalized spacial score (nSPS) is 16.7. The third-order valence-electron chi connectivity index (χ3n) is 6.05. The van der Waals surface area contributed by atoms with Crippen LogP contribution in [0.1, 0.15) is 39.4 Å². The summed E-state index contributed by atoms with van der Waals surface area (Å²) in [5.74, 6) is -0.799. The number of rotatable bonds is 6. The molecule has 0 unspecified atom stereocenters. The highest BCUT2D eigenvalue weighted by atomic mass is 32.1. The zero-order valence-electron chi connectivity index (χ0n) is 19.4. The van der Waals surface area contributed by atoms with Crippen molar-refractivity contribution in [2.24, 2.45) is 5.73 Å². The first-order valence-electron chi connectivity index (χ1n) is 11.3. The molecular weight excluding hydrogens is 491 g/mol. The third-order valence-corrected chi connectivity index (χ3v) is 7.09. The molecule has 0 saturated carbocycles. The maximum Gasteiger partial charge on any atom is 0.435 e. The van der Waals surface area contributed by atoms with Gasteiger partial charge >= 0.3 is 6.18 Å². The van der Waals surface area contributed by atoms with Gasteiger partial charge in [0, 0.05) is 47.8 Å². The Kier molecular flexibility index (Phi) is 7.31. The Morgan fingerprint density at radius 1 is 1.36 bits per heavy atom. The number of carbonyl (C=O) groups is 1. The van der Waals surface area contributed by atoms with Crippen molar-refractivity contribution in [3.63, 3.8) is 0 Å². The van der Waals surface area contributed by atoms with Crippen LogP contribution in [0.15, 0.2) is 48.7 Å². The molecule has 4 rings (SSSR count). The van der Waals surface area contributed by atoms with Gasteiger partial charge in [-0.2, -0.15) is 23.5 Å². The molecule has 3 heterocycles. The number of thiophene rings is 1. The van der Waals surface area contributed by atoms with Crippen molar-refractivity contribution in [3.05, 3.63) is 75.3 Å². The monoisotopic (exact) mass is 515 g/mol. The van der Waals surface area contributed by atoms with Gasteiger partial charge in [0.1, 0.15) is 10.9 Å². The molecule has 188 valence electrons. The average molecular weight is 516 g/mol. The Morgan fingerprint density at radius 3 is 2.78 bits per heavy atom. The summed E-state index contributed by atoms with van der Waals surface area (Å²) in [6.45, 7) is 2.14. The van der Waals surface area contributed by atoms with Crippen LogP contribution < -0.4 is 5.73 Å². The topological polar surface area (TPSA) is 108 Å². The standard InChI is InChI=1S/C25H24F3N5O2S/c1-2-33-12-21(24(31-33)25(26,27)28)18-6-4-3-5-17(18)20-11-32(23(35)8-7-15(30)14-34)13-22-19(20)9-16(10-29)36-22/h3-9,12,15,20,34H,2,11,13-14,30H2,1H3/b8-7+/t15-,20-/m0/s1. The highest BCUT2D eigenvalue weighted by Gasteiger charge is 2.39. The molecule has 0 bridgehead atoms. The number of alkyl halides is 3. The molecule has 0 fully saturated rings. The molecular formula is C25H24F3N5O2S. The maximum atomic E-state index is 13.9. The zero-order valence-corrected chi connectivity index (χ0v) is 20.2. The van der Waals surface area contributed by atoms with E-state index in [1.54, 1.807) is 42.2 Å². The van der Waals surface area contributed by atoms with E-state index >= 15 is 0 Å². The number of nitriles is 1. The van der Waals surface area contributed by atoms with Crippen LogP contribution in [0.3, 0.4) is 0 Å². The SMILES string of the molecule is CCn1cc(-c2ccccc2[C@@H]2CN(C(=O)/C=C/[C@H](N)CO)Cc3sc(C#N)cc32)c(C(F)(F)F)n1. The van der Waals surface area contributed by atoms with Gasteiger partial charge in [0.2, 0.25) is 5.91 Å². The van der Waals surface area contributed by atoms with Crippen molar-refractivity contribution in [3.8, 4) is 17.2 Å². The summed E-state index contributed by atoms with van der Waals surface area (Å²) < 4.78 is 42.9. The summed E-state index contributed by atoms with van der Waals surface area (Å²) in [5, 5.41) is 22.4. The fourth-order valence-electron chi connectivity index (χ4n) is 4.32. The fourth-order valence-corrected chi connectivity index (χ4v) is 5.35. The number of hydrogen-bond acceptors (Lipinski definition) is 6. The van der Waals surface area contributed by atoms with Gasteiger partial charge in [-0.05, 0) is 29.7 Å². The van der Waals surface area contributed by atoms with Crippen LogP contribution in [0, 0.1) is 11.3 Å². The van der Waals surface area contributed by atoms with Crippen LogP contribution in [-0.2, 0) is 24.1 Å². The molecule has 1 amide bonds. The molecule has 0 radical (unpaired) electrons. The van der Waals surface area contributed by atoms with E-state index in [1.165, 1.54) is 34.4 Å². The third kappa shape index (κ3) is 5.06. The summed E-state index contributed by atoms with van der Waals surface area (Å²) in [6.07, 6.45) is -0.553. The molecule has 2 atom stereocenters. The van der Waals surface area contributed by atoms with E-state index in [4.69, 9.17) is 10.8 Å². The van der Waals surface area contributed by atoms with E-state index < -0.39 is 23.8 Å². The van der Waals surface area contributed by atoms with Gasteiger partial charge in [-0.25, -0.2) is 0 Å². The highest BCUT2D eigenvalue weighted by Crippen LogP contribution is 2.44. The molecule has 0 saturated heterocycles. The fraction of sp³-hybridized carbons (Fsp3) is 0.320. The number of aliphatic hydroxyl groups is 1.